The van der Waals surface area contributed by atoms with Crippen LogP contribution in [0.15, 0.2) is 47.1 Å². The van der Waals surface area contributed by atoms with E-state index < -0.39 is 6.09 Å². The first-order chi connectivity index (χ1) is 12.1. The van der Waals surface area contributed by atoms with Crippen LogP contribution in [0.5, 0.6) is 5.75 Å². The molecule has 6 nitrogen and oxygen atoms in total. The second kappa shape index (κ2) is 5.73. The topological polar surface area (TPSA) is 68.5 Å². The maximum atomic E-state index is 12.2. The summed E-state index contributed by atoms with van der Waals surface area (Å²) in [4.78, 5) is 18.2. The van der Waals surface area contributed by atoms with Crippen LogP contribution in [-0.4, -0.2) is 28.2 Å². The summed E-state index contributed by atoms with van der Waals surface area (Å²) in [5.74, 6) is 1.31. The molecule has 3 aromatic rings. The molecule has 25 heavy (non-hydrogen) atoms. The van der Waals surface area contributed by atoms with Gasteiger partial charge in [0.2, 0.25) is 0 Å². The minimum Gasteiger partial charge on any atom is -0.410 e. The van der Waals surface area contributed by atoms with Crippen molar-refractivity contribution in [3.05, 3.63) is 65.3 Å². The monoisotopic (exact) mass is 335 g/mol. The molecule has 1 aliphatic heterocycles. The van der Waals surface area contributed by atoms with E-state index in [1.807, 2.05) is 50.2 Å². The molecular weight excluding hydrogens is 318 g/mol. The Morgan fingerprint density at radius 1 is 1.16 bits per heavy atom. The third kappa shape index (κ3) is 2.46. The number of aromatic nitrogens is 2. The largest absolute Gasteiger partial charge is 0.415 e. The molecule has 0 fully saturated rings. The predicted octanol–water partition coefficient (Wildman–Crippen LogP) is 3.89. The molecule has 1 amide bonds. The van der Waals surface area contributed by atoms with E-state index in [1.165, 1.54) is 0 Å². The zero-order chi connectivity index (χ0) is 17.6. The number of fused-ring (bicyclic) bond motifs is 1. The van der Waals surface area contributed by atoms with Gasteiger partial charge >= 0.3 is 6.09 Å². The molecule has 0 aliphatic carbocycles. The van der Waals surface area contributed by atoms with Gasteiger partial charge in [0.25, 0.3) is 0 Å². The van der Waals surface area contributed by atoms with Crippen LogP contribution in [0.3, 0.4) is 0 Å². The highest BCUT2D eigenvalue weighted by Crippen LogP contribution is 2.40. The number of hydrogen-bond acceptors (Lipinski definition) is 5. The lowest BCUT2D eigenvalue weighted by Crippen LogP contribution is -2.38. The van der Waals surface area contributed by atoms with Gasteiger partial charge in [0.1, 0.15) is 17.6 Å². The second-order valence-corrected chi connectivity index (χ2v) is 6.09. The van der Waals surface area contributed by atoms with Crippen LogP contribution in [0, 0.1) is 13.8 Å². The van der Waals surface area contributed by atoms with Gasteiger partial charge in [-0.1, -0.05) is 17.3 Å². The van der Waals surface area contributed by atoms with Crippen molar-refractivity contribution in [1.29, 1.82) is 0 Å². The van der Waals surface area contributed by atoms with Crippen LogP contribution in [0.1, 0.15) is 28.8 Å². The normalized spacial score (nSPS) is 16.5. The Hall–Kier alpha value is -3.15. The number of ether oxygens (including phenoxy) is 1. The Balaban J connectivity index is 1.90. The fraction of sp³-hybridized carbons (Fsp3) is 0.211. The van der Waals surface area contributed by atoms with E-state index in [4.69, 9.17) is 9.26 Å². The number of hydrogen-bond donors (Lipinski definition) is 0. The van der Waals surface area contributed by atoms with Gasteiger partial charge in [-0.15, -0.1) is 0 Å². The van der Waals surface area contributed by atoms with Gasteiger partial charge in [-0.25, -0.2) is 4.79 Å². The standard InChI is InChI=1S/C19H17N3O3/c1-11-17(12(2)25-21-11)13-7-8-16-14(10-13)18(22(3)19(23)24-16)15-6-4-5-9-20-15/h4-10,18H,1-3H3/t18-/m1/s1. The maximum absolute atomic E-state index is 12.2. The van der Waals surface area contributed by atoms with Crippen molar-refractivity contribution < 1.29 is 14.1 Å². The number of rotatable bonds is 2. The fourth-order valence-electron chi connectivity index (χ4n) is 3.28. The van der Waals surface area contributed by atoms with Gasteiger partial charge in [-0.05, 0) is 43.7 Å². The Morgan fingerprint density at radius 3 is 2.68 bits per heavy atom. The number of amides is 1. The van der Waals surface area contributed by atoms with Gasteiger partial charge in [-0.2, -0.15) is 0 Å². The van der Waals surface area contributed by atoms with Gasteiger partial charge in [0.05, 0.1) is 11.4 Å². The number of nitrogens with zero attached hydrogens (tertiary/aromatic N) is 3. The lowest BCUT2D eigenvalue weighted by molar-refractivity contribution is 0.139. The van der Waals surface area contributed by atoms with Crippen molar-refractivity contribution in [1.82, 2.24) is 15.0 Å². The summed E-state index contributed by atoms with van der Waals surface area (Å²) < 4.78 is 10.7. The molecule has 0 spiro atoms. The lowest BCUT2D eigenvalue weighted by atomic mass is 9.94. The third-order valence-corrected chi connectivity index (χ3v) is 4.47. The molecule has 0 saturated heterocycles. The maximum Gasteiger partial charge on any atom is 0.415 e. The summed E-state index contributed by atoms with van der Waals surface area (Å²) in [5, 5.41) is 4.03. The highest BCUT2D eigenvalue weighted by atomic mass is 16.6. The van der Waals surface area contributed by atoms with Crippen molar-refractivity contribution in [2.24, 2.45) is 0 Å². The quantitative estimate of drug-likeness (QED) is 0.711. The molecular formula is C19H17N3O3. The first-order valence-electron chi connectivity index (χ1n) is 7.99. The molecule has 3 heterocycles. The summed E-state index contributed by atoms with van der Waals surface area (Å²) in [6.45, 7) is 3.80. The summed E-state index contributed by atoms with van der Waals surface area (Å²) in [6.07, 6.45) is 1.33. The Morgan fingerprint density at radius 2 is 2.00 bits per heavy atom. The van der Waals surface area contributed by atoms with Crippen LogP contribution in [0.4, 0.5) is 4.79 Å². The minimum atomic E-state index is -0.395. The zero-order valence-corrected chi connectivity index (χ0v) is 14.2. The van der Waals surface area contributed by atoms with E-state index in [0.29, 0.717) is 5.75 Å². The van der Waals surface area contributed by atoms with Crippen LogP contribution < -0.4 is 4.74 Å². The minimum absolute atomic E-state index is 0.308. The van der Waals surface area contributed by atoms with E-state index >= 15 is 0 Å². The Labute approximate surface area is 145 Å². The molecule has 0 unspecified atom stereocenters. The Kier molecular flexibility index (Phi) is 3.53. The summed E-state index contributed by atoms with van der Waals surface area (Å²) in [7, 11) is 1.72. The number of benzene rings is 1. The van der Waals surface area contributed by atoms with Crippen LogP contribution in [0.25, 0.3) is 11.1 Å². The van der Waals surface area contributed by atoms with Gasteiger partial charge in [-0.3, -0.25) is 9.88 Å². The molecule has 1 atom stereocenters. The molecule has 4 rings (SSSR count). The summed E-state index contributed by atoms with van der Waals surface area (Å²) in [6, 6.07) is 11.1. The third-order valence-electron chi connectivity index (χ3n) is 4.47. The van der Waals surface area contributed by atoms with E-state index in [1.54, 1.807) is 18.1 Å². The van der Waals surface area contributed by atoms with Crippen molar-refractivity contribution >= 4 is 6.09 Å². The second-order valence-electron chi connectivity index (χ2n) is 6.09. The molecule has 0 radical (unpaired) electrons. The van der Waals surface area contributed by atoms with Gasteiger partial charge in [0, 0.05) is 24.4 Å². The van der Waals surface area contributed by atoms with Crippen molar-refractivity contribution in [3.63, 3.8) is 0 Å². The van der Waals surface area contributed by atoms with E-state index in [-0.39, 0.29) is 6.04 Å². The van der Waals surface area contributed by atoms with Gasteiger partial charge < -0.3 is 9.26 Å². The van der Waals surface area contributed by atoms with Gasteiger partial charge in [0.15, 0.2) is 0 Å². The molecule has 0 saturated carbocycles. The number of pyridine rings is 1. The Bertz CT molecular complexity index is 930. The van der Waals surface area contributed by atoms with E-state index in [2.05, 4.69) is 10.1 Å². The fourth-order valence-corrected chi connectivity index (χ4v) is 3.28. The average Bonchev–Trinajstić information content (AvgIpc) is 2.95. The van der Waals surface area contributed by atoms with Crippen molar-refractivity contribution in [2.75, 3.05) is 7.05 Å². The molecule has 6 heteroatoms. The zero-order valence-electron chi connectivity index (χ0n) is 14.2. The number of carbonyl (C=O) groups is 1. The average molecular weight is 335 g/mol. The summed E-state index contributed by atoms with van der Waals surface area (Å²) >= 11 is 0. The molecule has 126 valence electrons. The SMILES string of the molecule is Cc1noc(C)c1-c1ccc2c(c1)[C@H](c1ccccn1)N(C)C(=O)O2. The number of carbonyl (C=O) groups excluding carboxylic acids is 1. The molecule has 1 aliphatic rings. The molecule has 0 bridgehead atoms. The van der Waals surface area contributed by atoms with E-state index in [9.17, 15) is 4.79 Å². The molecule has 0 N–H and O–H groups in total. The first kappa shape index (κ1) is 15.4. The van der Waals surface area contributed by atoms with E-state index in [0.717, 1.165) is 33.8 Å². The number of aryl methyl sites for hydroxylation is 2. The van der Waals surface area contributed by atoms with Crippen LogP contribution >= 0.6 is 0 Å². The highest BCUT2D eigenvalue weighted by molar-refractivity contribution is 5.77. The van der Waals surface area contributed by atoms with Crippen LogP contribution in [-0.2, 0) is 0 Å². The summed E-state index contributed by atoms with van der Waals surface area (Å²) in [5.41, 5.74) is 4.44. The molecule has 2 aromatic heterocycles. The highest BCUT2D eigenvalue weighted by Gasteiger charge is 2.34. The lowest BCUT2D eigenvalue weighted by Gasteiger charge is -2.33. The smallest absolute Gasteiger partial charge is 0.410 e. The van der Waals surface area contributed by atoms with Crippen LogP contribution in [0.2, 0.25) is 0 Å². The first-order valence-corrected chi connectivity index (χ1v) is 7.99. The van der Waals surface area contributed by atoms with Crippen molar-refractivity contribution in [2.45, 2.75) is 19.9 Å². The van der Waals surface area contributed by atoms with Crippen molar-refractivity contribution in [3.8, 4) is 16.9 Å². The molecule has 1 aromatic carbocycles. The predicted molar refractivity (Wildman–Crippen MR) is 91.3 cm³/mol.